The standard InChI is InChI=1S/C20H21FN2O2S/c1-14-4-3-5-19(15(14)2)23-11-10-22-20(23)26-13-17(24)12-25-18-8-6-16(21)7-9-18/h3-11,17,24H,12-13H2,1-2H3. The molecule has 0 radical (unpaired) electrons. The van der Waals surface area contributed by atoms with Crippen molar-refractivity contribution in [1.82, 2.24) is 9.55 Å². The molecule has 1 unspecified atom stereocenters. The molecule has 1 heterocycles. The zero-order valence-corrected chi connectivity index (χ0v) is 15.5. The van der Waals surface area contributed by atoms with Crippen LogP contribution in [0, 0.1) is 19.7 Å². The van der Waals surface area contributed by atoms with Crippen molar-refractivity contribution in [2.45, 2.75) is 25.1 Å². The lowest BCUT2D eigenvalue weighted by molar-refractivity contribution is 0.126. The van der Waals surface area contributed by atoms with Gasteiger partial charge in [-0.15, -0.1) is 0 Å². The second kappa shape index (κ2) is 8.38. The van der Waals surface area contributed by atoms with Crippen LogP contribution in [0.3, 0.4) is 0 Å². The number of ether oxygens (including phenoxy) is 1. The number of rotatable bonds is 7. The highest BCUT2D eigenvalue weighted by Gasteiger charge is 2.12. The van der Waals surface area contributed by atoms with Crippen molar-refractivity contribution in [2.24, 2.45) is 0 Å². The molecule has 3 rings (SSSR count). The van der Waals surface area contributed by atoms with E-state index in [0.717, 1.165) is 10.8 Å². The smallest absolute Gasteiger partial charge is 0.172 e. The Morgan fingerprint density at radius 1 is 1.19 bits per heavy atom. The summed E-state index contributed by atoms with van der Waals surface area (Å²) in [6.45, 7) is 4.31. The maximum Gasteiger partial charge on any atom is 0.172 e. The van der Waals surface area contributed by atoms with E-state index in [1.54, 1.807) is 18.3 Å². The average molecular weight is 372 g/mol. The van der Waals surface area contributed by atoms with E-state index in [4.69, 9.17) is 4.74 Å². The van der Waals surface area contributed by atoms with Crippen molar-refractivity contribution in [1.29, 1.82) is 0 Å². The minimum absolute atomic E-state index is 0.142. The number of halogens is 1. The first-order valence-electron chi connectivity index (χ1n) is 8.34. The van der Waals surface area contributed by atoms with Gasteiger partial charge in [-0.3, -0.25) is 4.57 Å². The second-order valence-corrected chi connectivity index (χ2v) is 7.02. The predicted molar refractivity (Wildman–Crippen MR) is 102 cm³/mol. The summed E-state index contributed by atoms with van der Waals surface area (Å²) in [6, 6.07) is 11.9. The molecule has 1 aromatic heterocycles. The van der Waals surface area contributed by atoms with Crippen molar-refractivity contribution in [3.05, 3.63) is 71.8 Å². The normalized spacial score (nSPS) is 12.2. The second-order valence-electron chi connectivity index (χ2n) is 6.03. The molecule has 1 atom stereocenters. The van der Waals surface area contributed by atoms with Crippen molar-refractivity contribution >= 4 is 11.8 Å². The molecule has 0 aliphatic rings. The average Bonchev–Trinajstić information content (AvgIpc) is 3.10. The number of nitrogens with zero attached hydrogens (tertiary/aromatic N) is 2. The third-order valence-corrected chi connectivity index (χ3v) is 5.21. The third kappa shape index (κ3) is 4.45. The van der Waals surface area contributed by atoms with E-state index in [1.807, 2.05) is 16.8 Å². The number of benzene rings is 2. The van der Waals surface area contributed by atoms with Crippen LogP contribution in [-0.2, 0) is 0 Å². The summed E-state index contributed by atoms with van der Waals surface area (Å²) >= 11 is 1.47. The van der Waals surface area contributed by atoms with Gasteiger partial charge in [0.05, 0.1) is 11.8 Å². The fourth-order valence-electron chi connectivity index (χ4n) is 2.52. The number of aromatic nitrogens is 2. The third-order valence-electron chi connectivity index (χ3n) is 4.10. The van der Waals surface area contributed by atoms with Gasteiger partial charge in [-0.2, -0.15) is 0 Å². The molecule has 26 heavy (non-hydrogen) atoms. The number of aryl methyl sites for hydroxylation is 1. The topological polar surface area (TPSA) is 47.3 Å². The van der Waals surface area contributed by atoms with Crippen LogP contribution >= 0.6 is 11.8 Å². The van der Waals surface area contributed by atoms with Gasteiger partial charge in [-0.1, -0.05) is 23.9 Å². The molecule has 6 heteroatoms. The maximum atomic E-state index is 12.9. The first kappa shape index (κ1) is 18.5. The van der Waals surface area contributed by atoms with Gasteiger partial charge in [0.1, 0.15) is 18.2 Å². The zero-order chi connectivity index (χ0) is 18.5. The first-order chi connectivity index (χ1) is 12.5. The predicted octanol–water partition coefficient (Wildman–Crippen LogP) is 4.16. The minimum Gasteiger partial charge on any atom is -0.491 e. The molecule has 0 saturated heterocycles. The van der Waals surface area contributed by atoms with E-state index in [9.17, 15) is 9.50 Å². The van der Waals surface area contributed by atoms with Crippen molar-refractivity contribution < 1.29 is 14.2 Å². The quantitative estimate of drug-likeness (QED) is 0.633. The number of hydrogen-bond acceptors (Lipinski definition) is 4. The van der Waals surface area contributed by atoms with Crippen molar-refractivity contribution in [2.75, 3.05) is 12.4 Å². The van der Waals surface area contributed by atoms with Crippen LogP contribution < -0.4 is 4.74 Å². The first-order valence-corrected chi connectivity index (χ1v) is 9.32. The van der Waals surface area contributed by atoms with Gasteiger partial charge < -0.3 is 9.84 Å². The van der Waals surface area contributed by atoms with E-state index in [2.05, 4.69) is 31.0 Å². The summed E-state index contributed by atoms with van der Waals surface area (Å²) in [4.78, 5) is 4.40. The molecule has 1 N–H and O–H groups in total. The molecule has 0 aliphatic carbocycles. The highest BCUT2D eigenvalue weighted by atomic mass is 32.2. The van der Waals surface area contributed by atoms with Crippen LogP contribution in [0.2, 0.25) is 0 Å². The van der Waals surface area contributed by atoms with Crippen LogP contribution in [-0.4, -0.2) is 33.1 Å². The van der Waals surface area contributed by atoms with Crippen molar-refractivity contribution in [3.63, 3.8) is 0 Å². The number of imidazole rings is 1. The Labute approximate surface area is 156 Å². The van der Waals surface area contributed by atoms with E-state index in [0.29, 0.717) is 11.5 Å². The number of thioether (sulfide) groups is 1. The van der Waals surface area contributed by atoms with Crippen LogP contribution in [0.25, 0.3) is 5.69 Å². The molecule has 0 fully saturated rings. The highest BCUT2D eigenvalue weighted by molar-refractivity contribution is 7.99. The Morgan fingerprint density at radius 2 is 1.96 bits per heavy atom. The molecule has 136 valence electrons. The lowest BCUT2D eigenvalue weighted by atomic mass is 10.1. The Bertz CT molecular complexity index is 865. The minimum atomic E-state index is -0.659. The molecule has 0 spiro atoms. The van der Waals surface area contributed by atoms with Crippen molar-refractivity contribution in [3.8, 4) is 11.4 Å². The van der Waals surface area contributed by atoms with Gasteiger partial charge in [-0.05, 0) is 55.3 Å². The summed E-state index contributed by atoms with van der Waals surface area (Å²) in [5.74, 6) is 0.669. The summed E-state index contributed by atoms with van der Waals surface area (Å²) < 4.78 is 20.4. The number of aliphatic hydroxyl groups is 1. The fraction of sp³-hybridized carbons (Fsp3) is 0.250. The van der Waals surface area contributed by atoms with Gasteiger partial charge >= 0.3 is 0 Å². The molecular formula is C20H21FN2O2S. The van der Waals surface area contributed by atoms with E-state index in [1.165, 1.54) is 35.0 Å². The van der Waals surface area contributed by atoms with Gasteiger partial charge in [0.15, 0.2) is 5.16 Å². The molecule has 0 saturated carbocycles. The molecule has 2 aromatic carbocycles. The lowest BCUT2D eigenvalue weighted by Crippen LogP contribution is -2.20. The summed E-state index contributed by atoms with van der Waals surface area (Å²) in [5.41, 5.74) is 3.51. The SMILES string of the molecule is Cc1cccc(-n2ccnc2SCC(O)COc2ccc(F)cc2)c1C. The Hall–Kier alpha value is -2.31. The molecule has 0 amide bonds. The van der Waals surface area contributed by atoms with Gasteiger partial charge in [-0.25, -0.2) is 9.37 Å². The monoisotopic (exact) mass is 372 g/mol. The summed E-state index contributed by atoms with van der Waals surface area (Å²) in [7, 11) is 0. The largest absolute Gasteiger partial charge is 0.491 e. The number of hydrogen-bond donors (Lipinski definition) is 1. The zero-order valence-electron chi connectivity index (χ0n) is 14.7. The molecule has 0 aliphatic heterocycles. The van der Waals surface area contributed by atoms with Crippen LogP contribution in [0.1, 0.15) is 11.1 Å². The van der Waals surface area contributed by atoms with Crippen LogP contribution in [0.4, 0.5) is 4.39 Å². The van der Waals surface area contributed by atoms with Gasteiger partial charge in [0.25, 0.3) is 0 Å². The van der Waals surface area contributed by atoms with E-state index < -0.39 is 6.10 Å². The Kier molecular flexibility index (Phi) is 5.96. The fourth-order valence-corrected chi connectivity index (χ4v) is 3.39. The Morgan fingerprint density at radius 3 is 2.73 bits per heavy atom. The summed E-state index contributed by atoms with van der Waals surface area (Å²) in [6.07, 6.45) is 3.02. The lowest BCUT2D eigenvalue weighted by Gasteiger charge is -2.14. The van der Waals surface area contributed by atoms with Crippen LogP contribution in [0.15, 0.2) is 60.0 Å². The van der Waals surface area contributed by atoms with E-state index >= 15 is 0 Å². The molecule has 3 aromatic rings. The molecule has 0 bridgehead atoms. The van der Waals surface area contributed by atoms with Gasteiger partial charge in [0.2, 0.25) is 0 Å². The summed E-state index contributed by atoms with van der Waals surface area (Å²) in [5, 5.41) is 11.0. The van der Waals surface area contributed by atoms with Gasteiger partial charge in [0, 0.05) is 18.1 Å². The highest BCUT2D eigenvalue weighted by Crippen LogP contribution is 2.24. The molecule has 4 nitrogen and oxygen atoms in total. The molecular weight excluding hydrogens is 351 g/mol. The van der Waals surface area contributed by atoms with Crippen LogP contribution in [0.5, 0.6) is 5.75 Å². The Balaban J connectivity index is 1.59. The maximum absolute atomic E-state index is 12.9. The number of aliphatic hydroxyl groups excluding tert-OH is 1. The van der Waals surface area contributed by atoms with E-state index in [-0.39, 0.29) is 12.4 Å².